The van der Waals surface area contributed by atoms with Crippen LogP contribution in [0.25, 0.3) is 6.08 Å². The van der Waals surface area contributed by atoms with Crippen LogP contribution in [0.15, 0.2) is 36.4 Å². The SMILES string of the molecule is CN1CCCC(CCNC(=O)N2CCN(C/C=C/c3ccccc3)CC2)C1. The molecular weight excluding hydrogens is 336 g/mol. The number of carbonyl (C=O) groups is 1. The molecule has 3 rings (SSSR count). The predicted octanol–water partition coefficient (Wildman–Crippen LogP) is 2.76. The van der Waals surface area contributed by atoms with Crippen LogP contribution in [0.1, 0.15) is 24.8 Å². The Morgan fingerprint density at radius 2 is 1.93 bits per heavy atom. The zero-order valence-corrected chi connectivity index (χ0v) is 16.6. The highest BCUT2D eigenvalue weighted by atomic mass is 16.2. The second-order valence-corrected chi connectivity index (χ2v) is 7.89. The lowest BCUT2D eigenvalue weighted by Crippen LogP contribution is -2.52. The summed E-state index contributed by atoms with van der Waals surface area (Å²) < 4.78 is 0. The number of hydrogen-bond donors (Lipinski definition) is 1. The predicted molar refractivity (Wildman–Crippen MR) is 112 cm³/mol. The van der Waals surface area contributed by atoms with Crippen molar-refractivity contribution < 1.29 is 4.79 Å². The number of amides is 2. The van der Waals surface area contributed by atoms with E-state index < -0.39 is 0 Å². The average Bonchev–Trinajstić information content (AvgIpc) is 2.69. The summed E-state index contributed by atoms with van der Waals surface area (Å²) in [5.74, 6) is 0.734. The van der Waals surface area contributed by atoms with Gasteiger partial charge in [-0.25, -0.2) is 4.79 Å². The molecule has 5 nitrogen and oxygen atoms in total. The highest BCUT2D eigenvalue weighted by Crippen LogP contribution is 2.17. The van der Waals surface area contributed by atoms with Gasteiger partial charge in [-0.15, -0.1) is 0 Å². The number of urea groups is 1. The van der Waals surface area contributed by atoms with E-state index in [4.69, 9.17) is 0 Å². The first-order valence-electron chi connectivity index (χ1n) is 10.4. The molecule has 2 heterocycles. The van der Waals surface area contributed by atoms with Crippen LogP contribution in [0.5, 0.6) is 0 Å². The van der Waals surface area contributed by atoms with Crippen LogP contribution in [-0.2, 0) is 0 Å². The van der Waals surface area contributed by atoms with E-state index in [0.717, 1.165) is 51.6 Å². The van der Waals surface area contributed by atoms with Gasteiger partial charge in [0.2, 0.25) is 0 Å². The summed E-state index contributed by atoms with van der Waals surface area (Å²) in [4.78, 5) is 19.2. The smallest absolute Gasteiger partial charge is 0.317 e. The molecule has 1 aromatic rings. The zero-order chi connectivity index (χ0) is 18.9. The van der Waals surface area contributed by atoms with Gasteiger partial charge in [0.05, 0.1) is 0 Å². The summed E-state index contributed by atoms with van der Waals surface area (Å²) in [6.07, 6.45) is 8.07. The number of likely N-dealkylation sites (tertiary alicyclic amines) is 1. The van der Waals surface area contributed by atoms with E-state index in [1.54, 1.807) is 0 Å². The fourth-order valence-corrected chi connectivity index (χ4v) is 4.04. The Labute approximate surface area is 164 Å². The second-order valence-electron chi connectivity index (χ2n) is 7.89. The van der Waals surface area contributed by atoms with E-state index >= 15 is 0 Å². The van der Waals surface area contributed by atoms with Gasteiger partial charge >= 0.3 is 6.03 Å². The molecule has 1 atom stereocenters. The molecule has 5 heteroatoms. The number of rotatable bonds is 6. The van der Waals surface area contributed by atoms with E-state index in [1.807, 2.05) is 11.0 Å². The van der Waals surface area contributed by atoms with Gasteiger partial charge < -0.3 is 15.1 Å². The van der Waals surface area contributed by atoms with Gasteiger partial charge in [0.15, 0.2) is 0 Å². The molecule has 2 aliphatic rings. The molecule has 0 spiro atoms. The maximum absolute atomic E-state index is 12.4. The minimum atomic E-state index is 0.110. The van der Waals surface area contributed by atoms with Crippen molar-refractivity contribution >= 4 is 12.1 Å². The van der Waals surface area contributed by atoms with Crippen LogP contribution < -0.4 is 5.32 Å². The molecule has 0 saturated carbocycles. The van der Waals surface area contributed by atoms with Crippen molar-refractivity contribution in [2.75, 3.05) is 59.4 Å². The molecule has 2 saturated heterocycles. The lowest BCUT2D eigenvalue weighted by molar-refractivity contribution is 0.145. The minimum Gasteiger partial charge on any atom is -0.338 e. The summed E-state index contributed by atoms with van der Waals surface area (Å²) in [6, 6.07) is 10.5. The molecule has 2 amide bonds. The highest BCUT2D eigenvalue weighted by molar-refractivity contribution is 5.74. The van der Waals surface area contributed by atoms with Crippen molar-refractivity contribution in [2.45, 2.75) is 19.3 Å². The number of carbonyl (C=O) groups excluding carboxylic acids is 1. The standard InChI is InChI=1S/C22H34N4O/c1-24-13-5-10-21(19-24)11-12-23-22(27)26-17-15-25(16-18-26)14-6-9-20-7-3-2-4-8-20/h2-4,6-9,21H,5,10-19H2,1H3,(H,23,27)/b9-6+. The van der Waals surface area contributed by atoms with Crippen LogP contribution in [0.4, 0.5) is 4.79 Å². The summed E-state index contributed by atoms with van der Waals surface area (Å²) >= 11 is 0. The van der Waals surface area contributed by atoms with Gasteiger partial charge in [-0.2, -0.15) is 0 Å². The van der Waals surface area contributed by atoms with Crippen molar-refractivity contribution in [3.63, 3.8) is 0 Å². The maximum Gasteiger partial charge on any atom is 0.317 e. The Bertz CT molecular complexity index is 596. The second kappa shape index (κ2) is 10.5. The number of nitrogens with one attached hydrogen (secondary N) is 1. The van der Waals surface area contributed by atoms with Crippen molar-refractivity contribution in [3.8, 4) is 0 Å². The maximum atomic E-state index is 12.4. The lowest BCUT2D eigenvalue weighted by Gasteiger charge is -2.34. The quantitative estimate of drug-likeness (QED) is 0.837. The Morgan fingerprint density at radius 1 is 1.15 bits per heavy atom. The van der Waals surface area contributed by atoms with Crippen molar-refractivity contribution in [3.05, 3.63) is 42.0 Å². The topological polar surface area (TPSA) is 38.8 Å². The molecule has 0 aromatic heterocycles. The van der Waals surface area contributed by atoms with E-state index in [-0.39, 0.29) is 6.03 Å². The van der Waals surface area contributed by atoms with Crippen LogP contribution in [0.3, 0.4) is 0 Å². The first-order valence-corrected chi connectivity index (χ1v) is 10.4. The number of hydrogen-bond acceptors (Lipinski definition) is 3. The number of piperazine rings is 1. The molecular formula is C22H34N4O. The van der Waals surface area contributed by atoms with Crippen LogP contribution >= 0.6 is 0 Å². The summed E-state index contributed by atoms with van der Waals surface area (Å²) in [5, 5.41) is 3.13. The minimum absolute atomic E-state index is 0.110. The Morgan fingerprint density at radius 3 is 2.67 bits per heavy atom. The molecule has 0 radical (unpaired) electrons. The molecule has 1 unspecified atom stereocenters. The van der Waals surface area contributed by atoms with Crippen molar-refractivity contribution in [2.24, 2.45) is 5.92 Å². The van der Waals surface area contributed by atoms with E-state index in [0.29, 0.717) is 0 Å². The highest BCUT2D eigenvalue weighted by Gasteiger charge is 2.21. The van der Waals surface area contributed by atoms with E-state index in [9.17, 15) is 4.79 Å². The third-order valence-electron chi connectivity index (χ3n) is 5.68. The Kier molecular flexibility index (Phi) is 7.72. The first-order chi connectivity index (χ1) is 13.2. The largest absolute Gasteiger partial charge is 0.338 e. The molecule has 27 heavy (non-hydrogen) atoms. The number of benzene rings is 1. The normalized spacial score (nSPS) is 22.3. The van der Waals surface area contributed by atoms with Crippen molar-refractivity contribution in [1.82, 2.24) is 20.0 Å². The van der Waals surface area contributed by atoms with Gasteiger partial charge in [0.25, 0.3) is 0 Å². The summed E-state index contributed by atoms with van der Waals surface area (Å²) in [6.45, 7) is 7.66. The first kappa shape index (κ1) is 19.9. The van der Waals surface area contributed by atoms with Gasteiger partial charge in [-0.3, -0.25) is 4.90 Å². The molecule has 1 aromatic carbocycles. The third kappa shape index (κ3) is 6.67. The fraction of sp³-hybridized carbons (Fsp3) is 0.591. The van der Waals surface area contributed by atoms with Gasteiger partial charge in [0, 0.05) is 45.8 Å². The Hall–Kier alpha value is -1.85. The van der Waals surface area contributed by atoms with Crippen LogP contribution in [0.2, 0.25) is 0 Å². The van der Waals surface area contributed by atoms with Crippen LogP contribution in [-0.4, -0.2) is 80.1 Å². The fourth-order valence-electron chi connectivity index (χ4n) is 4.04. The lowest BCUT2D eigenvalue weighted by atomic mass is 9.95. The zero-order valence-electron chi connectivity index (χ0n) is 16.6. The number of nitrogens with zero attached hydrogens (tertiary/aromatic N) is 3. The Balaban J connectivity index is 1.30. The average molecular weight is 371 g/mol. The molecule has 1 N–H and O–H groups in total. The van der Waals surface area contributed by atoms with E-state index in [1.165, 1.54) is 31.5 Å². The molecule has 2 aliphatic heterocycles. The molecule has 0 aliphatic carbocycles. The van der Waals surface area contributed by atoms with Gasteiger partial charge in [-0.05, 0) is 44.3 Å². The third-order valence-corrected chi connectivity index (χ3v) is 5.68. The monoisotopic (exact) mass is 370 g/mol. The summed E-state index contributed by atoms with van der Waals surface area (Å²) in [5.41, 5.74) is 1.24. The summed E-state index contributed by atoms with van der Waals surface area (Å²) in [7, 11) is 2.19. The molecule has 148 valence electrons. The van der Waals surface area contributed by atoms with Crippen LogP contribution in [0, 0.1) is 5.92 Å². The molecule has 2 fully saturated rings. The number of piperidine rings is 1. The van der Waals surface area contributed by atoms with Gasteiger partial charge in [0.1, 0.15) is 0 Å². The van der Waals surface area contributed by atoms with Crippen molar-refractivity contribution in [1.29, 1.82) is 0 Å². The van der Waals surface area contributed by atoms with E-state index in [2.05, 4.69) is 58.6 Å². The molecule has 0 bridgehead atoms. The van der Waals surface area contributed by atoms with Gasteiger partial charge in [-0.1, -0.05) is 42.5 Å².